The summed E-state index contributed by atoms with van der Waals surface area (Å²) in [4.78, 5) is 0. The molecule has 2 bridgehead atoms. The number of rotatable bonds is 2. The second kappa shape index (κ2) is 4.36. The highest BCUT2D eigenvalue weighted by molar-refractivity contribution is 5.30. The Balaban J connectivity index is 1.85. The van der Waals surface area contributed by atoms with E-state index in [4.69, 9.17) is 0 Å². The van der Waals surface area contributed by atoms with Crippen LogP contribution in [-0.4, -0.2) is 17.2 Å². The van der Waals surface area contributed by atoms with Gasteiger partial charge in [-0.25, -0.2) is 0 Å². The molecule has 2 aliphatic heterocycles. The molecular formula is C16H23NO. The van der Waals surface area contributed by atoms with Crippen LogP contribution in [0.25, 0.3) is 0 Å². The van der Waals surface area contributed by atoms with Gasteiger partial charge in [0.1, 0.15) is 0 Å². The lowest BCUT2D eigenvalue weighted by Crippen LogP contribution is -2.46. The zero-order valence-electron chi connectivity index (χ0n) is 11.3. The third kappa shape index (κ3) is 2.08. The van der Waals surface area contributed by atoms with E-state index in [1.54, 1.807) is 0 Å². The van der Waals surface area contributed by atoms with Gasteiger partial charge in [-0.3, -0.25) is 0 Å². The third-order valence-corrected chi connectivity index (χ3v) is 4.62. The summed E-state index contributed by atoms with van der Waals surface area (Å²) in [7, 11) is 0. The molecule has 2 atom stereocenters. The first-order valence-electron chi connectivity index (χ1n) is 7.16. The Kier molecular flexibility index (Phi) is 2.95. The molecule has 2 heteroatoms. The summed E-state index contributed by atoms with van der Waals surface area (Å²) in [6.45, 7) is 4.41. The van der Waals surface area contributed by atoms with Gasteiger partial charge < -0.3 is 10.4 Å². The lowest BCUT2D eigenvalue weighted by atomic mass is 9.81. The average Bonchev–Trinajstić information content (AvgIpc) is 2.69. The van der Waals surface area contributed by atoms with Crippen molar-refractivity contribution >= 4 is 0 Å². The van der Waals surface area contributed by atoms with Crippen molar-refractivity contribution < 1.29 is 5.11 Å². The van der Waals surface area contributed by atoms with Gasteiger partial charge in [0.05, 0.1) is 5.60 Å². The SMILES string of the molecule is CC(C)c1ccc(C2(O)CC3CCC(C2)N3)cc1. The Morgan fingerprint density at radius 3 is 2.17 bits per heavy atom. The van der Waals surface area contributed by atoms with Crippen molar-refractivity contribution in [1.29, 1.82) is 0 Å². The zero-order valence-corrected chi connectivity index (χ0v) is 11.3. The number of hydrogen-bond acceptors (Lipinski definition) is 2. The highest BCUT2D eigenvalue weighted by Crippen LogP contribution is 2.40. The Labute approximate surface area is 109 Å². The molecule has 1 aromatic carbocycles. The maximum absolute atomic E-state index is 10.9. The van der Waals surface area contributed by atoms with E-state index in [-0.39, 0.29) is 0 Å². The highest BCUT2D eigenvalue weighted by atomic mass is 16.3. The highest BCUT2D eigenvalue weighted by Gasteiger charge is 2.43. The van der Waals surface area contributed by atoms with Crippen LogP contribution < -0.4 is 5.32 Å². The lowest BCUT2D eigenvalue weighted by molar-refractivity contribution is -0.0114. The van der Waals surface area contributed by atoms with Crippen molar-refractivity contribution in [3.63, 3.8) is 0 Å². The maximum atomic E-state index is 10.9. The lowest BCUT2D eigenvalue weighted by Gasteiger charge is -2.37. The van der Waals surface area contributed by atoms with Crippen molar-refractivity contribution in [3.05, 3.63) is 35.4 Å². The summed E-state index contributed by atoms with van der Waals surface area (Å²) in [6.07, 6.45) is 4.17. The molecule has 2 nitrogen and oxygen atoms in total. The van der Waals surface area contributed by atoms with E-state index in [1.165, 1.54) is 18.4 Å². The van der Waals surface area contributed by atoms with Crippen molar-refractivity contribution in [3.8, 4) is 0 Å². The quantitative estimate of drug-likeness (QED) is 0.839. The predicted octanol–water partition coefficient (Wildman–Crippen LogP) is 2.91. The largest absolute Gasteiger partial charge is 0.385 e. The van der Waals surface area contributed by atoms with Crippen LogP contribution in [0, 0.1) is 0 Å². The van der Waals surface area contributed by atoms with Gasteiger partial charge >= 0.3 is 0 Å². The molecule has 2 heterocycles. The van der Waals surface area contributed by atoms with Crippen LogP contribution in [-0.2, 0) is 5.60 Å². The Hall–Kier alpha value is -0.860. The fourth-order valence-electron chi connectivity index (χ4n) is 3.54. The van der Waals surface area contributed by atoms with Crippen LogP contribution >= 0.6 is 0 Å². The summed E-state index contributed by atoms with van der Waals surface area (Å²) < 4.78 is 0. The van der Waals surface area contributed by atoms with Crippen LogP contribution in [0.3, 0.4) is 0 Å². The average molecular weight is 245 g/mol. The van der Waals surface area contributed by atoms with E-state index in [1.807, 2.05) is 0 Å². The van der Waals surface area contributed by atoms with Crippen LogP contribution in [0.4, 0.5) is 0 Å². The molecule has 0 aromatic heterocycles. The second-order valence-electron chi connectivity index (χ2n) is 6.35. The molecule has 2 aliphatic rings. The number of hydrogen-bond donors (Lipinski definition) is 2. The van der Waals surface area contributed by atoms with Crippen molar-refractivity contribution in [2.75, 3.05) is 0 Å². The molecule has 18 heavy (non-hydrogen) atoms. The van der Waals surface area contributed by atoms with Crippen LogP contribution in [0.1, 0.15) is 56.6 Å². The first kappa shape index (κ1) is 12.2. The monoisotopic (exact) mass is 245 g/mol. The zero-order chi connectivity index (χ0) is 12.8. The van der Waals surface area contributed by atoms with E-state index in [0.717, 1.165) is 18.4 Å². The molecule has 2 N–H and O–H groups in total. The Bertz CT molecular complexity index is 411. The standard InChI is InChI=1S/C16H23NO/c1-11(2)12-3-5-13(6-4-12)16(18)9-14-7-8-15(10-16)17-14/h3-6,11,14-15,17-18H,7-10H2,1-2H3. The number of aliphatic hydroxyl groups is 1. The number of nitrogens with one attached hydrogen (secondary N) is 1. The number of fused-ring (bicyclic) bond motifs is 2. The summed E-state index contributed by atoms with van der Waals surface area (Å²) in [5.74, 6) is 0.554. The van der Waals surface area contributed by atoms with Gasteiger partial charge in [-0.15, -0.1) is 0 Å². The molecule has 1 aromatic rings. The molecule has 0 radical (unpaired) electrons. The normalized spacial score (nSPS) is 35.1. The van der Waals surface area contributed by atoms with Gasteiger partial charge in [-0.05, 0) is 42.7 Å². The summed E-state index contributed by atoms with van der Waals surface area (Å²) in [5.41, 5.74) is 1.84. The fourth-order valence-corrected chi connectivity index (χ4v) is 3.54. The van der Waals surface area contributed by atoms with Gasteiger partial charge in [0.15, 0.2) is 0 Å². The Morgan fingerprint density at radius 1 is 1.11 bits per heavy atom. The fraction of sp³-hybridized carbons (Fsp3) is 0.625. The molecule has 0 amide bonds. The molecule has 2 unspecified atom stereocenters. The second-order valence-corrected chi connectivity index (χ2v) is 6.35. The van der Waals surface area contributed by atoms with Gasteiger partial charge in [-0.1, -0.05) is 38.1 Å². The van der Waals surface area contributed by atoms with E-state index >= 15 is 0 Å². The van der Waals surface area contributed by atoms with Crippen molar-refractivity contribution in [1.82, 2.24) is 5.32 Å². The maximum Gasteiger partial charge on any atom is 0.0926 e. The molecule has 98 valence electrons. The number of benzene rings is 1. The van der Waals surface area contributed by atoms with Crippen LogP contribution in [0.15, 0.2) is 24.3 Å². The number of piperidine rings is 1. The third-order valence-electron chi connectivity index (χ3n) is 4.62. The topological polar surface area (TPSA) is 32.3 Å². The van der Waals surface area contributed by atoms with Gasteiger partial charge in [0.25, 0.3) is 0 Å². The van der Waals surface area contributed by atoms with Crippen LogP contribution in [0.5, 0.6) is 0 Å². The van der Waals surface area contributed by atoms with Crippen molar-refractivity contribution in [2.24, 2.45) is 0 Å². The first-order chi connectivity index (χ1) is 8.57. The molecule has 0 aliphatic carbocycles. The molecular weight excluding hydrogens is 222 g/mol. The smallest absolute Gasteiger partial charge is 0.0926 e. The van der Waals surface area contributed by atoms with Crippen molar-refractivity contribution in [2.45, 2.75) is 63.1 Å². The molecule has 2 fully saturated rings. The van der Waals surface area contributed by atoms with Gasteiger partial charge in [0.2, 0.25) is 0 Å². The van der Waals surface area contributed by atoms with E-state index in [2.05, 4.69) is 43.4 Å². The summed E-state index contributed by atoms with van der Waals surface area (Å²) in [6, 6.07) is 9.61. The molecule has 0 spiro atoms. The minimum atomic E-state index is -0.605. The van der Waals surface area contributed by atoms with E-state index < -0.39 is 5.60 Å². The van der Waals surface area contributed by atoms with E-state index in [9.17, 15) is 5.11 Å². The van der Waals surface area contributed by atoms with E-state index in [0.29, 0.717) is 18.0 Å². The van der Waals surface area contributed by atoms with Gasteiger partial charge in [-0.2, -0.15) is 0 Å². The molecule has 0 saturated carbocycles. The first-order valence-corrected chi connectivity index (χ1v) is 7.16. The summed E-state index contributed by atoms with van der Waals surface area (Å²) >= 11 is 0. The Morgan fingerprint density at radius 2 is 1.67 bits per heavy atom. The molecule has 3 rings (SSSR count). The minimum absolute atomic E-state index is 0.513. The van der Waals surface area contributed by atoms with Crippen LogP contribution in [0.2, 0.25) is 0 Å². The summed E-state index contributed by atoms with van der Waals surface area (Å²) in [5, 5.41) is 14.5. The molecule has 2 saturated heterocycles. The predicted molar refractivity (Wildman–Crippen MR) is 73.6 cm³/mol. The van der Waals surface area contributed by atoms with Gasteiger partial charge in [0, 0.05) is 12.1 Å². The minimum Gasteiger partial charge on any atom is -0.385 e.